The minimum atomic E-state index is 0.670. The molecule has 3 aromatic rings. The van der Waals surface area contributed by atoms with Gasteiger partial charge >= 0.3 is 0 Å². The van der Waals surface area contributed by atoms with Crippen LogP contribution in [0.1, 0.15) is 0 Å². The number of nitrogens with one attached hydrogen (secondary N) is 2. The molecule has 0 aliphatic carbocycles. The molecule has 2 heterocycles. The highest BCUT2D eigenvalue weighted by Crippen LogP contribution is 2.27. The summed E-state index contributed by atoms with van der Waals surface area (Å²) >= 11 is 0. The lowest BCUT2D eigenvalue weighted by Gasteiger charge is -1.98. The third kappa shape index (κ3) is 1.08. The van der Waals surface area contributed by atoms with Crippen LogP contribution in [0.25, 0.3) is 21.8 Å². The van der Waals surface area contributed by atoms with Crippen LogP contribution in [0.2, 0.25) is 0 Å². The number of nitrogen functional groups attached to an aromatic ring is 1. The van der Waals surface area contributed by atoms with Gasteiger partial charge in [0.25, 0.3) is 0 Å². The van der Waals surface area contributed by atoms with Crippen LogP contribution in [0.15, 0.2) is 36.5 Å². The average Bonchev–Trinajstić information content (AvgIpc) is 2.67. The predicted molar refractivity (Wildman–Crippen MR) is 61.4 cm³/mol. The summed E-state index contributed by atoms with van der Waals surface area (Å²) in [6.07, 6.45) is 1.75. The van der Waals surface area contributed by atoms with Crippen LogP contribution in [0, 0.1) is 0 Å². The van der Waals surface area contributed by atoms with Crippen LogP contribution in [-0.4, -0.2) is 9.97 Å². The average molecular weight is 198 g/mol. The molecule has 0 aliphatic heterocycles. The number of hydrogen-bond acceptors (Lipinski definition) is 3. The number of nitrogens with zero attached hydrogens (tertiary/aromatic N) is 1. The van der Waals surface area contributed by atoms with Gasteiger partial charge in [-0.2, -0.15) is 0 Å². The molecular formula is C11H10N4. The minimum Gasteiger partial charge on any atom is -0.351 e. The van der Waals surface area contributed by atoms with E-state index in [9.17, 15) is 0 Å². The zero-order valence-electron chi connectivity index (χ0n) is 7.99. The Balaban J connectivity index is 2.53. The number of aromatic amines is 1. The minimum absolute atomic E-state index is 0.670. The van der Waals surface area contributed by atoms with Crippen molar-refractivity contribution in [2.75, 3.05) is 5.43 Å². The van der Waals surface area contributed by atoms with Gasteiger partial charge in [-0.05, 0) is 12.1 Å². The lowest BCUT2D eigenvalue weighted by Crippen LogP contribution is -2.08. The third-order valence-electron chi connectivity index (χ3n) is 2.56. The molecule has 3 rings (SSSR count). The van der Waals surface area contributed by atoms with Gasteiger partial charge < -0.3 is 10.4 Å². The molecule has 0 radical (unpaired) electrons. The molecule has 74 valence electrons. The molecule has 2 aromatic heterocycles. The Labute approximate surface area is 86.1 Å². The molecule has 0 amide bonds. The molecule has 0 saturated heterocycles. The first kappa shape index (κ1) is 8.26. The summed E-state index contributed by atoms with van der Waals surface area (Å²) in [7, 11) is 0. The quantitative estimate of drug-likeness (QED) is 0.414. The Morgan fingerprint density at radius 3 is 2.87 bits per heavy atom. The van der Waals surface area contributed by atoms with E-state index in [1.165, 1.54) is 5.39 Å². The van der Waals surface area contributed by atoms with Crippen molar-refractivity contribution in [3.05, 3.63) is 36.5 Å². The summed E-state index contributed by atoms with van der Waals surface area (Å²) in [6, 6.07) is 10.1. The van der Waals surface area contributed by atoms with Crippen LogP contribution < -0.4 is 11.3 Å². The number of para-hydroxylation sites is 1. The number of nitrogens with two attached hydrogens (primary N) is 1. The van der Waals surface area contributed by atoms with Gasteiger partial charge in [0, 0.05) is 22.5 Å². The summed E-state index contributed by atoms with van der Waals surface area (Å²) in [5.41, 5.74) is 4.63. The maximum Gasteiger partial charge on any atom is 0.164 e. The van der Waals surface area contributed by atoms with Gasteiger partial charge in [-0.1, -0.05) is 18.2 Å². The molecular weight excluding hydrogens is 188 g/mol. The summed E-state index contributed by atoms with van der Waals surface area (Å²) < 4.78 is 0. The largest absolute Gasteiger partial charge is 0.351 e. The molecule has 0 fully saturated rings. The lowest BCUT2D eigenvalue weighted by molar-refractivity contribution is 1.24. The van der Waals surface area contributed by atoms with Crippen molar-refractivity contribution in [3.8, 4) is 0 Å². The first-order valence-corrected chi connectivity index (χ1v) is 4.72. The molecule has 0 bridgehead atoms. The van der Waals surface area contributed by atoms with Gasteiger partial charge in [0.15, 0.2) is 5.82 Å². The Morgan fingerprint density at radius 1 is 1.13 bits per heavy atom. The van der Waals surface area contributed by atoms with Crippen molar-refractivity contribution >= 4 is 27.6 Å². The van der Waals surface area contributed by atoms with E-state index >= 15 is 0 Å². The topological polar surface area (TPSA) is 66.7 Å². The molecule has 0 saturated carbocycles. The maximum atomic E-state index is 5.41. The zero-order chi connectivity index (χ0) is 10.3. The predicted octanol–water partition coefficient (Wildman–Crippen LogP) is 2.00. The first-order valence-electron chi connectivity index (χ1n) is 4.72. The summed E-state index contributed by atoms with van der Waals surface area (Å²) in [6.45, 7) is 0. The van der Waals surface area contributed by atoms with E-state index in [2.05, 4.69) is 21.5 Å². The highest BCUT2D eigenvalue weighted by Gasteiger charge is 2.06. The molecule has 4 heteroatoms. The summed E-state index contributed by atoms with van der Waals surface area (Å²) in [5, 5.41) is 2.32. The fraction of sp³-hybridized carbons (Fsp3) is 0. The standard InChI is InChI=1S/C11H10N4/c12-15-11-10-8(5-6-13-11)7-3-1-2-4-9(7)14-10/h1-6,14H,12H2,(H,13,15). The summed E-state index contributed by atoms with van der Waals surface area (Å²) in [5.74, 6) is 6.08. The van der Waals surface area contributed by atoms with E-state index in [0.29, 0.717) is 5.82 Å². The number of aromatic nitrogens is 2. The Hall–Kier alpha value is -2.07. The number of benzene rings is 1. The second-order valence-corrected chi connectivity index (χ2v) is 3.40. The van der Waals surface area contributed by atoms with E-state index in [1.54, 1.807) is 6.20 Å². The molecule has 0 atom stereocenters. The second-order valence-electron chi connectivity index (χ2n) is 3.40. The molecule has 15 heavy (non-hydrogen) atoms. The third-order valence-corrected chi connectivity index (χ3v) is 2.56. The lowest BCUT2D eigenvalue weighted by atomic mass is 10.2. The second kappa shape index (κ2) is 2.96. The normalized spacial score (nSPS) is 11.0. The number of anilines is 1. The van der Waals surface area contributed by atoms with Gasteiger partial charge in [-0.15, -0.1) is 0 Å². The number of hydrazine groups is 1. The van der Waals surface area contributed by atoms with Crippen LogP contribution in [0.3, 0.4) is 0 Å². The van der Waals surface area contributed by atoms with Gasteiger partial charge in [-0.25, -0.2) is 10.8 Å². The summed E-state index contributed by atoms with van der Waals surface area (Å²) in [4.78, 5) is 7.45. The van der Waals surface area contributed by atoms with Gasteiger partial charge in [0.2, 0.25) is 0 Å². The Morgan fingerprint density at radius 2 is 2.00 bits per heavy atom. The van der Waals surface area contributed by atoms with Crippen molar-refractivity contribution in [2.45, 2.75) is 0 Å². The van der Waals surface area contributed by atoms with Crippen molar-refractivity contribution in [1.29, 1.82) is 0 Å². The first-order chi connectivity index (χ1) is 7.40. The Kier molecular flexibility index (Phi) is 1.63. The molecule has 0 aliphatic rings. The van der Waals surface area contributed by atoms with E-state index in [-0.39, 0.29) is 0 Å². The number of H-pyrrole nitrogens is 1. The van der Waals surface area contributed by atoms with Gasteiger partial charge in [-0.3, -0.25) is 0 Å². The van der Waals surface area contributed by atoms with E-state index in [0.717, 1.165) is 16.4 Å². The SMILES string of the molecule is NNc1nccc2c1[nH]c1ccccc12. The van der Waals surface area contributed by atoms with Crippen LogP contribution in [-0.2, 0) is 0 Å². The van der Waals surface area contributed by atoms with Gasteiger partial charge in [0.1, 0.15) is 0 Å². The number of hydrogen-bond donors (Lipinski definition) is 3. The fourth-order valence-corrected chi connectivity index (χ4v) is 1.88. The maximum absolute atomic E-state index is 5.41. The number of rotatable bonds is 1. The highest BCUT2D eigenvalue weighted by molar-refractivity contribution is 6.10. The van der Waals surface area contributed by atoms with Crippen molar-refractivity contribution in [3.63, 3.8) is 0 Å². The van der Waals surface area contributed by atoms with E-state index in [1.807, 2.05) is 24.3 Å². The molecule has 4 N–H and O–H groups in total. The highest BCUT2D eigenvalue weighted by atomic mass is 15.3. The van der Waals surface area contributed by atoms with Crippen molar-refractivity contribution in [2.24, 2.45) is 5.84 Å². The smallest absolute Gasteiger partial charge is 0.164 e. The van der Waals surface area contributed by atoms with E-state index in [4.69, 9.17) is 5.84 Å². The zero-order valence-corrected chi connectivity index (χ0v) is 7.99. The Bertz CT molecular complexity index is 627. The van der Waals surface area contributed by atoms with Crippen molar-refractivity contribution in [1.82, 2.24) is 9.97 Å². The number of pyridine rings is 1. The molecule has 0 spiro atoms. The van der Waals surface area contributed by atoms with E-state index < -0.39 is 0 Å². The number of fused-ring (bicyclic) bond motifs is 3. The monoisotopic (exact) mass is 198 g/mol. The van der Waals surface area contributed by atoms with Gasteiger partial charge in [0.05, 0.1) is 5.52 Å². The molecule has 1 aromatic carbocycles. The fourth-order valence-electron chi connectivity index (χ4n) is 1.88. The molecule has 0 unspecified atom stereocenters. The van der Waals surface area contributed by atoms with Crippen LogP contribution in [0.5, 0.6) is 0 Å². The van der Waals surface area contributed by atoms with Crippen LogP contribution in [0.4, 0.5) is 5.82 Å². The van der Waals surface area contributed by atoms with Crippen molar-refractivity contribution < 1.29 is 0 Å². The van der Waals surface area contributed by atoms with Crippen LogP contribution >= 0.6 is 0 Å². The molecule has 4 nitrogen and oxygen atoms in total.